The highest BCUT2D eigenvalue weighted by atomic mass is 35.5. The van der Waals surface area contributed by atoms with E-state index >= 15 is 0 Å². The Morgan fingerprint density at radius 1 is 1.08 bits per heavy atom. The highest BCUT2D eigenvalue weighted by Crippen LogP contribution is 2.36. The maximum atomic E-state index is 13.6. The first-order valence-electron chi connectivity index (χ1n) is 12.7. The lowest BCUT2D eigenvalue weighted by molar-refractivity contribution is -0.126. The largest absolute Gasteiger partial charge is 0.369 e. The van der Waals surface area contributed by atoms with Crippen molar-refractivity contribution in [2.45, 2.75) is 42.2 Å². The standard InChI is InChI=1S/C26H33Cl3N4O4S/c1-32-10-12-33(13-11-32)20-7-5-18(6-8-20)16-31-24(34)17-37-26(23-4-2-3-9-30-23)38(35,36)25-21(28)14-19(27)15-22(25)29/h5-8,14-15,23,26,30H,2-4,9-13,16-17H2,1H3,(H,31,34). The zero-order chi connectivity index (χ0) is 27.3. The molecule has 0 radical (unpaired) electrons. The van der Waals surface area contributed by atoms with Gasteiger partial charge < -0.3 is 25.2 Å². The Bertz CT molecular complexity index is 1190. The number of nitrogens with zero attached hydrogens (tertiary/aromatic N) is 2. The van der Waals surface area contributed by atoms with Gasteiger partial charge in [-0.2, -0.15) is 0 Å². The molecule has 2 aliphatic rings. The number of benzene rings is 2. The molecule has 2 aliphatic heterocycles. The maximum Gasteiger partial charge on any atom is 0.246 e. The predicted molar refractivity (Wildman–Crippen MR) is 152 cm³/mol. The highest BCUT2D eigenvalue weighted by Gasteiger charge is 2.39. The summed E-state index contributed by atoms with van der Waals surface area (Å²) in [5.41, 5.74) is 0.755. The normalized spacial score (nSPS) is 19.8. The third kappa shape index (κ3) is 7.33. The average molecular weight is 604 g/mol. The van der Waals surface area contributed by atoms with Gasteiger partial charge in [0.05, 0.1) is 10.0 Å². The fourth-order valence-electron chi connectivity index (χ4n) is 4.75. The van der Waals surface area contributed by atoms with E-state index in [1.54, 1.807) is 0 Å². The smallest absolute Gasteiger partial charge is 0.246 e. The fourth-order valence-corrected chi connectivity index (χ4v) is 8.02. The molecule has 4 rings (SSSR count). The summed E-state index contributed by atoms with van der Waals surface area (Å²) in [6.45, 7) is 4.55. The Labute approximate surface area is 239 Å². The van der Waals surface area contributed by atoms with Crippen LogP contribution in [0.4, 0.5) is 5.69 Å². The first-order chi connectivity index (χ1) is 18.1. The van der Waals surface area contributed by atoms with Crippen LogP contribution < -0.4 is 15.5 Å². The van der Waals surface area contributed by atoms with Gasteiger partial charge in [0.1, 0.15) is 11.5 Å². The number of piperidine rings is 1. The number of hydrogen-bond acceptors (Lipinski definition) is 7. The number of nitrogens with one attached hydrogen (secondary N) is 2. The monoisotopic (exact) mass is 602 g/mol. The zero-order valence-corrected chi connectivity index (χ0v) is 24.3. The number of hydrogen-bond donors (Lipinski definition) is 2. The van der Waals surface area contributed by atoms with E-state index in [1.807, 2.05) is 12.1 Å². The van der Waals surface area contributed by atoms with E-state index in [1.165, 1.54) is 12.1 Å². The fraction of sp³-hybridized carbons (Fsp3) is 0.500. The van der Waals surface area contributed by atoms with Crippen LogP contribution in [0.1, 0.15) is 24.8 Å². The van der Waals surface area contributed by atoms with Crippen molar-refractivity contribution in [3.8, 4) is 0 Å². The molecule has 2 unspecified atom stereocenters. The van der Waals surface area contributed by atoms with Gasteiger partial charge in [-0.25, -0.2) is 8.42 Å². The molecule has 0 spiro atoms. The van der Waals surface area contributed by atoms with Gasteiger partial charge in [-0.1, -0.05) is 53.4 Å². The van der Waals surface area contributed by atoms with Gasteiger partial charge in [-0.15, -0.1) is 0 Å². The van der Waals surface area contributed by atoms with E-state index < -0.39 is 33.8 Å². The van der Waals surface area contributed by atoms with E-state index in [-0.39, 0.29) is 20.0 Å². The van der Waals surface area contributed by atoms with Crippen molar-refractivity contribution in [1.82, 2.24) is 15.5 Å². The number of amides is 1. The average Bonchev–Trinajstić information content (AvgIpc) is 2.88. The Balaban J connectivity index is 1.38. The molecule has 0 bridgehead atoms. The number of anilines is 1. The molecule has 2 atom stereocenters. The van der Waals surface area contributed by atoms with E-state index in [2.05, 4.69) is 39.6 Å². The number of carbonyl (C=O) groups excluding carboxylic acids is 1. The predicted octanol–water partition coefficient (Wildman–Crippen LogP) is 3.97. The van der Waals surface area contributed by atoms with Crippen molar-refractivity contribution in [2.24, 2.45) is 0 Å². The van der Waals surface area contributed by atoms with Gasteiger partial charge >= 0.3 is 0 Å². The number of sulfone groups is 1. The van der Waals surface area contributed by atoms with Gasteiger partial charge in [-0.05, 0) is 56.3 Å². The van der Waals surface area contributed by atoms with Crippen LogP contribution in [0.3, 0.4) is 0 Å². The van der Waals surface area contributed by atoms with E-state index in [0.717, 1.165) is 50.3 Å². The molecule has 2 saturated heterocycles. The van der Waals surface area contributed by atoms with E-state index in [4.69, 9.17) is 39.5 Å². The lowest BCUT2D eigenvalue weighted by Crippen LogP contribution is -2.49. The molecule has 0 aliphatic carbocycles. The highest BCUT2D eigenvalue weighted by molar-refractivity contribution is 7.92. The minimum absolute atomic E-state index is 0.0867. The van der Waals surface area contributed by atoms with Crippen LogP contribution in [-0.4, -0.2) is 77.1 Å². The summed E-state index contributed by atoms with van der Waals surface area (Å²) < 4.78 is 33.1. The number of piperazine rings is 1. The first kappa shape index (κ1) is 29.4. The van der Waals surface area contributed by atoms with Gasteiger partial charge in [0.15, 0.2) is 5.44 Å². The minimum atomic E-state index is -4.16. The second kappa shape index (κ2) is 13.2. The second-order valence-electron chi connectivity index (χ2n) is 9.71. The maximum absolute atomic E-state index is 13.6. The van der Waals surface area contributed by atoms with E-state index in [0.29, 0.717) is 19.5 Å². The number of carbonyl (C=O) groups is 1. The molecule has 2 aromatic carbocycles. The molecule has 8 nitrogen and oxygen atoms in total. The minimum Gasteiger partial charge on any atom is -0.369 e. The van der Waals surface area contributed by atoms with Crippen LogP contribution in [-0.2, 0) is 25.9 Å². The van der Waals surface area contributed by atoms with Crippen molar-refractivity contribution < 1.29 is 17.9 Å². The first-order valence-corrected chi connectivity index (χ1v) is 15.4. The number of ether oxygens (including phenoxy) is 1. The van der Waals surface area contributed by atoms with Gasteiger partial charge in [0, 0.05) is 49.5 Å². The van der Waals surface area contributed by atoms with Crippen molar-refractivity contribution in [2.75, 3.05) is 51.3 Å². The summed E-state index contributed by atoms with van der Waals surface area (Å²) in [6.07, 6.45) is 2.35. The number of rotatable bonds is 9. The van der Waals surface area contributed by atoms with Gasteiger partial charge in [0.2, 0.25) is 15.7 Å². The van der Waals surface area contributed by atoms with Gasteiger partial charge in [0.25, 0.3) is 0 Å². The molecule has 12 heteroatoms. The molecule has 208 valence electrons. The summed E-state index contributed by atoms with van der Waals surface area (Å²) >= 11 is 18.5. The van der Waals surface area contributed by atoms with Crippen LogP contribution in [0.5, 0.6) is 0 Å². The Morgan fingerprint density at radius 3 is 2.34 bits per heavy atom. The summed E-state index contributed by atoms with van der Waals surface area (Å²) in [5, 5.41) is 6.07. The molecular weight excluding hydrogens is 571 g/mol. The summed E-state index contributed by atoms with van der Waals surface area (Å²) in [6, 6.07) is 10.2. The van der Waals surface area contributed by atoms with Crippen molar-refractivity contribution in [3.63, 3.8) is 0 Å². The SMILES string of the molecule is CN1CCN(c2ccc(CNC(=O)COC(C3CCCCN3)S(=O)(=O)c3c(Cl)cc(Cl)cc3Cl)cc2)CC1. The molecule has 1 amide bonds. The Kier molecular flexibility index (Phi) is 10.2. The Morgan fingerprint density at radius 2 is 1.74 bits per heavy atom. The summed E-state index contributed by atoms with van der Waals surface area (Å²) in [4.78, 5) is 17.1. The third-order valence-corrected chi connectivity index (χ3v) is 10.0. The molecule has 38 heavy (non-hydrogen) atoms. The van der Waals surface area contributed by atoms with Crippen LogP contribution >= 0.6 is 34.8 Å². The number of halogens is 3. The van der Waals surface area contributed by atoms with Crippen LogP contribution in [0.15, 0.2) is 41.3 Å². The lowest BCUT2D eigenvalue weighted by atomic mass is 10.1. The van der Waals surface area contributed by atoms with Crippen molar-refractivity contribution >= 4 is 56.2 Å². The second-order valence-corrected chi connectivity index (χ2v) is 12.9. The van der Waals surface area contributed by atoms with Crippen LogP contribution in [0.25, 0.3) is 0 Å². The molecule has 2 N–H and O–H groups in total. The summed E-state index contributed by atoms with van der Waals surface area (Å²) in [7, 11) is -2.03. The molecule has 0 saturated carbocycles. The van der Waals surface area contributed by atoms with Crippen LogP contribution in [0.2, 0.25) is 15.1 Å². The third-order valence-electron chi connectivity index (χ3n) is 6.90. The molecule has 2 heterocycles. The van der Waals surface area contributed by atoms with Crippen LogP contribution in [0, 0.1) is 0 Å². The van der Waals surface area contributed by atoms with E-state index in [9.17, 15) is 13.2 Å². The lowest BCUT2D eigenvalue weighted by Gasteiger charge is -2.34. The quantitative estimate of drug-likeness (QED) is 0.448. The van der Waals surface area contributed by atoms with Crippen molar-refractivity contribution in [1.29, 1.82) is 0 Å². The summed E-state index contributed by atoms with van der Waals surface area (Å²) in [5.74, 6) is -0.419. The van der Waals surface area contributed by atoms with Crippen molar-refractivity contribution in [3.05, 3.63) is 57.0 Å². The molecular formula is C26H33Cl3N4O4S. The Hall–Kier alpha value is -1.59. The molecule has 2 fully saturated rings. The molecule has 2 aromatic rings. The number of likely N-dealkylation sites (N-methyl/N-ethyl adjacent to an activating group) is 1. The van der Waals surface area contributed by atoms with Gasteiger partial charge in [-0.3, -0.25) is 4.79 Å². The topological polar surface area (TPSA) is 91.0 Å². The zero-order valence-electron chi connectivity index (χ0n) is 21.3. The molecule has 0 aromatic heterocycles.